The van der Waals surface area contributed by atoms with Gasteiger partial charge in [0.1, 0.15) is 6.10 Å². The molecule has 0 aromatic carbocycles. The van der Waals surface area contributed by atoms with E-state index in [1.807, 2.05) is 13.8 Å². The Morgan fingerprint density at radius 2 is 1.41 bits per heavy atom. The van der Waals surface area contributed by atoms with Gasteiger partial charge in [-0.05, 0) is 23.5 Å². The van der Waals surface area contributed by atoms with Gasteiger partial charge in [-0.25, -0.2) is 0 Å². The molecule has 1 aliphatic rings. The van der Waals surface area contributed by atoms with E-state index in [1.165, 1.54) is 0 Å². The molecule has 4 nitrogen and oxygen atoms in total. The van der Waals surface area contributed by atoms with Crippen LogP contribution in [0.2, 0.25) is 16.6 Å². The third-order valence-electron chi connectivity index (χ3n) is 4.54. The van der Waals surface area contributed by atoms with Gasteiger partial charge in [0.15, 0.2) is 11.5 Å². The van der Waals surface area contributed by atoms with Crippen LogP contribution in [0.25, 0.3) is 0 Å². The van der Waals surface area contributed by atoms with Gasteiger partial charge in [-0.2, -0.15) is 0 Å². The molecular weight excluding hydrogens is 296 g/mol. The standard InChI is InChI=1S/C17H34O4Si/c1-11(2)22(12(3)4,13(5)6)19-10-15-16(14(7)18)21-17(8,9)20-15/h11-14,18H,10H2,1-9H3/t14-/m1/s1. The van der Waals surface area contributed by atoms with E-state index in [9.17, 15) is 5.11 Å². The minimum absolute atomic E-state index is 0.379. The molecule has 0 radical (unpaired) electrons. The number of rotatable bonds is 7. The first-order valence-corrected chi connectivity index (χ1v) is 10.5. The molecule has 0 bridgehead atoms. The second kappa shape index (κ2) is 6.93. The zero-order valence-corrected chi connectivity index (χ0v) is 16.7. The minimum Gasteiger partial charge on any atom is -0.451 e. The maximum Gasteiger partial charge on any atom is 0.245 e. The van der Waals surface area contributed by atoms with Crippen LogP contribution in [-0.4, -0.2) is 31.9 Å². The van der Waals surface area contributed by atoms with E-state index < -0.39 is 20.2 Å². The van der Waals surface area contributed by atoms with Crippen molar-refractivity contribution in [3.63, 3.8) is 0 Å². The molecule has 0 saturated heterocycles. The Kier molecular flexibility index (Phi) is 6.15. The maximum atomic E-state index is 9.90. The summed E-state index contributed by atoms with van der Waals surface area (Å²) < 4.78 is 18.1. The monoisotopic (exact) mass is 330 g/mol. The lowest BCUT2D eigenvalue weighted by atomic mass is 10.3. The summed E-state index contributed by atoms with van der Waals surface area (Å²) in [6, 6.07) is 0. The zero-order chi connectivity index (χ0) is 17.3. The number of hydrogen-bond acceptors (Lipinski definition) is 4. The van der Waals surface area contributed by atoms with Crippen molar-refractivity contribution in [3.05, 3.63) is 11.5 Å². The smallest absolute Gasteiger partial charge is 0.245 e. The Hall–Kier alpha value is -0.523. The highest BCUT2D eigenvalue weighted by Gasteiger charge is 2.46. The van der Waals surface area contributed by atoms with Crippen LogP contribution in [-0.2, 0) is 13.9 Å². The lowest BCUT2D eigenvalue weighted by molar-refractivity contribution is -0.132. The Balaban J connectivity index is 3.00. The second-order valence-electron chi connectivity index (χ2n) is 7.67. The topological polar surface area (TPSA) is 47.9 Å². The van der Waals surface area contributed by atoms with Crippen LogP contribution in [0.5, 0.6) is 0 Å². The highest BCUT2D eigenvalue weighted by Crippen LogP contribution is 2.43. The van der Waals surface area contributed by atoms with E-state index >= 15 is 0 Å². The maximum absolute atomic E-state index is 9.90. The fraction of sp³-hybridized carbons (Fsp3) is 0.882. The molecule has 0 saturated carbocycles. The van der Waals surface area contributed by atoms with E-state index in [2.05, 4.69) is 41.5 Å². The molecule has 0 aromatic rings. The zero-order valence-electron chi connectivity index (χ0n) is 15.7. The van der Waals surface area contributed by atoms with Gasteiger partial charge in [0.2, 0.25) is 14.1 Å². The largest absolute Gasteiger partial charge is 0.451 e. The van der Waals surface area contributed by atoms with E-state index in [1.54, 1.807) is 6.92 Å². The quantitative estimate of drug-likeness (QED) is 0.696. The van der Waals surface area contributed by atoms with Gasteiger partial charge in [0.05, 0.1) is 6.61 Å². The summed E-state index contributed by atoms with van der Waals surface area (Å²) in [5.41, 5.74) is 1.54. The average molecular weight is 331 g/mol. The molecule has 5 heteroatoms. The van der Waals surface area contributed by atoms with Crippen molar-refractivity contribution >= 4 is 8.32 Å². The molecular formula is C17H34O4Si. The number of ether oxygens (including phenoxy) is 2. The minimum atomic E-state index is -1.96. The molecule has 0 unspecified atom stereocenters. The Morgan fingerprint density at radius 1 is 0.955 bits per heavy atom. The summed E-state index contributed by atoms with van der Waals surface area (Å²) in [6.07, 6.45) is -0.686. The van der Waals surface area contributed by atoms with Crippen molar-refractivity contribution in [2.45, 2.75) is 90.8 Å². The number of hydrogen-bond donors (Lipinski definition) is 1. The first kappa shape index (κ1) is 19.5. The lowest BCUT2D eigenvalue weighted by Crippen LogP contribution is -2.48. The molecule has 1 rings (SSSR count). The third kappa shape index (κ3) is 3.87. The molecule has 130 valence electrons. The van der Waals surface area contributed by atoms with Gasteiger partial charge < -0.3 is 19.0 Å². The summed E-state index contributed by atoms with van der Waals surface area (Å²) in [5, 5.41) is 9.90. The van der Waals surface area contributed by atoms with Crippen molar-refractivity contribution in [3.8, 4) is 0 Å². The van der Waals surface area contributed by atoms with Crippen molar-refractivity contribution < 1.29 is 19.0 Å². The molecule has 1 heterocycles. The van der Waals surface area contributed by atoms with E-state index in [0.29, 0.717) is 34.7 Å². The van der Waals surface area contributed by atoms with E-state index in [-0.39, 0.29) is 0 Å². The van der Waals surface area contributed by atoms with Crippen LogP contribution in [0, 0.1) is 0 Å². The average Bonchev–Trinajstić information content (AvgIpc) is 2.64. The van der Waals surface area contributed by atoms with Crippen LogP contribution in [0.3, 0.4) is 0 Å². The summed E-state index contributed by atoms with van der Waals surface area (Å²) in [4.78, 5) is 0. The van der Waals surface area contributed by atoms with Gasteiger partial charge in [-0.3, -0.25) is 0 Å². The third-order valence-corrected chi connectivity index (χ3v) is 10.6. The van der Waals surface area contributed by atoms with Crippen LogP contribution >= 0.6 is 0 Å². The van der Waals surface area contributed by atoms with Crippen molar-refractivity contribution in [1.82, 2.24) is 0 Å². The van der Waals surface area contributed by atoms with Gasteiger partial charge in [-0.15, -0.1) is 0 Å². The van der Waals surface area contributed by atoms with Crippen LogP contribution in [0.4, 0.5) is 0 Å². The number of aliphatic hydroxyl groups excluding tert-OH is 1. The molecule has 0 fully saturated rings. The highest BCUT2D eigenvalue weighted by molar-refractivity contribution is 6.77. The first-order valence-electron chi connectivity index (χ1n) is 8.37. The molecule has 22 heavy (non-hydrogen) atoms. The van der Waals surface area contributed by atoms with Gasteiger partial charge in [-0.1, -0.05) is 41.5 Å². The molecule has 1 atom stereocenters. The van der Waals surface area contributed by atoms with Crippen LogP contribution < -0.4 is 0 Å². The highest BCUT2D eigenvalue weighted by atomic mass is 28.4. The molecule has 1 N–H and O–H groups in total. The summed E-state index contributed by atoms with van der Waals surface area (Å²) in [5.74, 6) is 0.408. The fourth-order valence-electron chi connectivity index (χ4n) is 3.80. The molecule has 1 aliphatic heterocycles. The van der Waals surface area contributed by atoms with Gasteiger partial charge in [0, 0.05) is 13.8 Å². The molecule has 0 aromatic heterocycles. The fourth-order valence-corrected chi connectivity index (χ4v) is 9.18. The van der Waals surface area contributed by atoms with Crippen molar-refractivity contribution in [2.75, 3.05) is 6.61 Å². The Labute approximate surface area is 137 Å². The summed E-state index contributed by atoms with van der Waals surface area (Å²) in [7, 11) is -1.96. The van der Waals surface area contributed by atoms with Crippen molar-refractivity contribution in [1.29, 1.82) is 0 Å². The summed E-state index contributed by atoms with van der Waals surface area (Å²) in [6.45, 7) is 19.3. The van der Waals surface area contributed by atoms with E-state index in [4.69, 9.17) is 13.9 Å². The normalized spacial score (nSPS) is 19.9. The van der Waals surface area contributed by atoms with Crippen LogP contribution in [0.1, 0.15) is 62.3 Å². The lowest BCUT2D eigenvalue weighted by Gasteiger charge is -2.42. The van der Waals surface area contributed by atoms with Gasteiger partial charge in [0.25, 0.3) is 0 Å². The molecule has 0 spiro atoms. The molecule has 0 aliphatic carbocycles. The van der Waals surface area contributed by atoms with Crippen LogP contribution in [0.15, 0.2) is 11.5 Å². The SMILES string of the molecule is CC(C)[Si](OCC1=C([C@@H](C)O)OC(C)(C)O1)(C(C)C)C(C)C. The molecule has 0 amide bonds. The Bertz CT molecular complexity index is 389. The summed E-state index contributed by atoms with van der Waals surface area (Å²) >= 11 is 0. The van der Waals surface area contributed by atoms with Gasteiger partial charge >= 0.3 is 0 Å². The second-order valence-corrected chi connectivity index (χ2v) is 13.1. The predicted molar refractivity (Wildman–Crippen MR) is 92.0 cm³/mol. The van der Waals surface area contributed by atoms with Crippen molar-refractivity contribution in [2.24, 2.45) is 0 Å². The number of aliphatic hydroxyl groups is 1. The predicted octanol–water partition coefficient (Wildman–Crippen LogP) is 4.55. The van der Waals surface area contributed by atoms with E-state index in [0.717, 1.165) is 0 Å². The first-order chi connectivity index (χ1) is 9.94. The Morgan fingerprint density at radius 3 is 1.77 bits per heavy atom.